The summed E-state index contributed by atoms with van der Waals surface area (Å²) in [5.74, 6) is -0.125. The number of aliphatic carboxylic acids is 1. The first kappa shape index (κ1) is 32.6. The van der Waals surface area contributed by atoms with Crippen LogP contribution >= 0.6 is 0 Å². The summed E-state index contributed by atoms with van der Waals surface area (Å²) < 4.78 is 6.26. The maximum Gasteiger partial charge on any atom is 0.337 e. The van der Waals surface area contributed by atoms with Gasteiger partial charge in [-0.25, -0.2) is 4.79 Å². The molecule has 0 radical (unpaired) electrons. The fraction of sp³-hybridized carbons (Fsp3) is 0.436. The molecule has 1 N–H and O–H groups in total. The maximum atomic E-state index is 12.8. The molecule has 6 rings (SSSR count). The van der Waals surface area contributed by atoms with Crippen LogP contribution in [-0.2, 0) is 22.5 Å². The molecule has 1 atom stereocenters. The van der Waals surface area contributed by atoms with Gasteiger partial charge in [0.25, 0.3) is 0 Å². The number of benzene rings is 2. The van der Waals surface area contributed by atoms with Crippen molar-refractivity contribution >= 4 is 17.5 Å². The van der Waals surface area contributed by atoms with E-state index in [1.54, 1.807) is 0 Å². The van der Waals surface area contributed by atoms with Crippen molar-refractivity contribution in [2.24, 2.45) is 5.41 Å². The van der Waals surface area contributed by atoms with Crippen LogP contribution in [0.4, 0.5) is 11.5 Å². The number of carboxylic acids is 1. The van der Waals surface area contributed by atoms with Crippen molar-refractivity contribution in [1.29, 1.82) is 0 Å². The summed E-state index contributed by atoms with van der Waals surface area (Å²) in [6, 6.07) is 20.9. The Bertz CT molecular complexity index is 1750. The second kappa shape index (κ2) is 12.7. The third-order valence-electron chi connectivity index (χ3n) is 9.52. The minimum atomic E-state index is -1.13. The summed E-state index contributed by atoms with van der Waals surface area (Å²) >= 11 is 0. The molecule has 1 fully saturated rings. The normalized spacial score (nSPS) is 16.9. The van der Waals surface area contributed by atoms with E-state index in [9.17, 15) is 9.90 Å². The van der Waals surface area contributed by atoms with Crippen LogP contribution in [0.5, 0.6) is 0 Å². The van der Waals surface area contributed by atoms with Crippen LogP contribution in [0.2, 0.25) is 0 Å². The number of fused-ring (bicyclic) bond motifs is 1. The second-order valence-corrected chi connectivity index (χ2v) is 14.8. The average molecular weight is 634 g/mol. The number of carboxylic acid groups (broad SMARTS) is 1. The van der Waals surface area contributed by atoms with Crippen LogP contribution in [-0.4, -0.2) is 51.5 Å². The van der Waals surface area contributed by atoms with Gasteiger partial charge in [-0.05, 0) is 88.1 Å². The summed E-state index contributed by atoms with van der Waals surface area (Å²) in [4.78, 5) is 22.5. The first-order valence-corrected chi connectivity index (χ1v) is 16.7. The molecule has 2 aliphatic rings. The standard InChI is InChI=1S/C39H47N5O3/c1-25-33(35(43-21-18-39(6,7)19-22-43)34(26(2)40-25)36(37(45)46)47-38(3,4)5)29-13-14-30-24-44(20-17-28(30)23-29)32-16-15-31(41-42-32)27-11-9-8-10-12-27/h8-16,23,36H,17-22,24H2,1-7H3,(H,45,46)/t36-/m0/s1. The zero-order chi connectivity index (χ0) is 33.5. The van der Waals surface area contributed by atoms with Crippen LogP contribution in [0, 0.1) is 19.3 Å². The lowest BCUT2D eigenvalue weighted by Gasteiger charge is -2.41. The number of ether oxygens (including phenoxy) is 1. The molecule has 4 heterocycles. The summed E-state index contributed by atoms with van der Waals surface area (Å²) in [6.07, 6.45) is 1.79. The number of pyridine rings is 1. The SMILES string of the molecule is Cc1nc(C)c([C@H](OC(C)(C)C)C(=O)O)c(N2CCC(C)(C)CC2)c1-c1ccc2c(c1)CCN(c1ccc(-c3ccccc3)nn1)C2. The second-order valence-electron chi connectivity index (χ2n) is 14.8. The minimum Gasteiger partial charge on any atom is -0.479 e. The molecule has 1 saturated heterocycles. The number of aryl methyl sites for hydroxylation is 2. The molecule has 0 saturated carbocycles. The Kier molecular flexibility index (Phi) is 8.83. The summed E-state index contributed by atoms with van der Waals surface area (Å²) in [5, 5.41) is 19.6. The average Bonchev–Trinajstić information content (AvgIpc) is 3.03. The van der Waals surface area contributed by atoms with Crippen LogP contribution in [0.25, 0.3) is 22.4 Å². The molecule has 0 bridgehead atoms. The highest BCUT2D eigenvalue weighted by Crippen LogP contribution is 2.45. The van der Waals surface area contributed by atoms with Gasteiger partial charge >= 0.3 is 5.97 Å². The molecular formula is C39H47N5O3. The van der Waals surface area contributed by atoms with Crippen molar-refractivity contribution in [2.45, 2.75) is 86.0 Å². The number of aromatic nitrogens is 3. The molecule has 2 aromatic heterocycles. The van der Waals surface area contributed by atoms with Gasteiger partial charge in [0.1, 0.15) is 0 Å². The van der Waals surface area contributed by atoms with Gasteiger partial charge in [0.05, 0.1) is 17.0 Å². The Morgan fingerprint density at radius 1 is 0.872 bits per heavy atom. The Balaban J connectivity index is 1.37. The van der Waals surface area contributed by atoms with Crippen molar-refractivity contribution in [3.05, 3.63) is 88.7 Å². The molecule has 4 aromatic rings. The first-order valence-electron chi connectivity index (χ1n) is 16.7. The van der Waals surface area contributed by atoms with Gasteiger partial charge in [-0.2, -0.15) is 0 Å². The van der Waals surface area contributed by atoms with E-state index in [-0.39, 0.29) is 5.41 Å². The Morgan fingerprint density at radius 2 is 1.60 bits per heavy atom. The smallest absolute Gasteiger partial charge is 0.337 e. The highest BCUT2D eigenvalue weighted by atomic mass is 16.5. The predicted molar refractivity (Wildman–Crippen MR) is 188 cm³/mol. The lowest BCUT2D eigenvalue weighted by molar-refractivity contribution is -0.160. The molecule has 8 heteroatoms. The molecule has 0 spiro atoms. The fourth-order valence-corrected chi connectivity index (χ4v) is 6.92. The number of hydrogen-bond acceptors (Lipinski definition) is 7. The molecule has 0 amide bonds. The summed E-state index contributed by atoms with van der Waals surface area (Å²) in [7, 11) is 0. The predicted octanol–water partition coefficient (Wildman–Crippen LogP) is 7.95. The molecule has 0 aliphatic carbocycles. The fourth-order valence-electron chi connectivity index (χ4n) is 6.92. The van der Waals surface area contributed by atoms with Gasteiger partial charge in [0, 0.05) is 54.3 Å². The van der Waals surface area contributed by atoms with E-state index in [1.165, 1.54) is 11.1 Å². The Labute approximate surface area is 278 Å². The van der Waals surface area contributed by atoms with Crippen molar-refractivity contribution in [1.82, 2.24) is 15.2 Å². The topological polar surface area (TPSA) is 91.7 Å². The monoisotopic (exact) mass is 633 g/mol. The molecule has 47 heavy (non-hydrogen) atoms. The number of nitrogens with zero attached hydrogens (tertiary/aromatic N) is 5. The van der Waals surface area contributed by atoms with Gasteiger partial charge in [-0.3, -0.25) is 4.98 Å². The largest absolute Gasteiger partial charge is 0.479 e. The van der Waals surface area contributed by atoms with Gasteiger partial charge in [0.2, 0.25) is 0 Å². The summed E-state index contributed by atoms with van der Waals surface area (Å²) in [6.45, 7) is 17.6. The van der Waals surface area contributed by atoms with Crippen LogP contribution in [0.15, 0.2) is 60.7 Å². The third-order valence-corrected chi connectivity index (χ3v) is 9.52. The van der Waals surface area contributed by atoms with Crippen LogP contribution in [0.3, 0.4) is 0 Å². The van der Waals surface area contributed by atoms with E-state index in [2.05, 4.69) is 58.1 Å². The quantitative estimate of drug-likeness (QED) is 0.219. The Morgan fingerprint density at radius 3 is 2.23 bits per heavy atom. The van der Waals surface area contributed by atoms with E-state index in [0.717, 1.165) is 85.0 Å². The molecular weight excluding hydrogens is 586 g/mol. The van der Waals surface area contributed by atoms with E-state index in [4.69, 9.17) is 9.72 Å². The number of carbonyl (C=O) groups is 1. The lowest BCUT2D eigenvalue weighted by atomic mass is 9.81. The number of rotatable bonds is 7. The van der Waals surface area contributed by atoms with Gasteiger partial charge < -0.3 is 19.6 Å². The zero-order valence-corrected chi connectivity index (χ0v) is 28.8. The zero-order valence-electron chi connectivity index (χ0n) is 28.8. The van der Waals surface area contributed by atoms with Gasteiger partial charge in [0.15, 0.2) is 11.9 Å². The van der Waals surface area contributed by atoms with Crippen LogP contribution < -0.4 is 9.80 Å². The van der Waals surface area contributed by atoms with Crippen molar-refractivity contribution in [2.75, 3.05) is 29.4 Å². The number of anilines is 2. The molecule has 246 valence electrons. The van der Waals surface area contributed by atoms with E-state index in [0.29, 0.717) is 11.3 Å². The molecule has 0 unspecified atom stereocenters. The maximum absolute atomic E-state index is 12.8. The van der Waals surface area contributed by atoms with Crippen molar-refractivity contribution in [3.8, 4) is 22.4 Å². The number of hydrogen-bond donors (Lipinski definition) is 1. The van der Waals surface area contributed by atoms with E-state index in [1.807, 2.05) is 71.0 Å². The molecule has 8 nitrogen and oxygen atoms in total. The third kappa shape index (κ3) is 7.03. The van der Waals surface area contributed by atoms with Crippen molar-refractivity contribution in [3.63, 3.8) is 0 Å². The summed E-state index contributed by atoms with van der Waals surface area (Å²) in [5.41, 5.74) is 9.35. The first-order chi connectivity index (χ1) is 22.3. The van der Waals surface area contributed by atoms with Crippen molar-refractivity contribution < 1.29 is 14.6 Å². The Hall–Kier alpha value is -4.30. The molecule has 2 aliphatic heterocycles. The van der Waals surface area contributed by atoms with E-state index >= 15 is 0 Å². The molecule has 2 aromatic carbocycles. The highest BCUT2D eigenvalue weighted by molar-refractivity contribution is 5.88. The van der Waals surface area contributed by atoms with Crippen LogP contribution in [0.1, 0.15) is 81.6 Å². The number of piperidine rings is 1. The highest BCUT2D eigenvalue weighted by Gasteiger charge is 2.36. The lowest BCUT2D eigenvalue weighted by Crippen LogP contribution is -2.39. The van der Waals surface area contributed by atoms with Gasteiger partial charge in [-0.15, -0.1) is 10.2 Å². The minimum absolute atomic E-state index is 0.242. The van der Waals surface area contributed by atoms with E-state index < -0.39 is 17.7 Å². The van der Waals surface area contributed by atoms with Gasteiger partial charge in [-0.1, -0.05) is 62.4 Å².